The Kier molecular flexibility index (Phi) is 7.43. The van der Waals surface area contributed by atoms with E-state index in [9.17, 15) is 14.3 Å². The molecular weight excluding hydrogens is 497 g/mol. The largest absolute Gasteiger partial charge is 0.494 e. The molecule has 2 atom stereocenters. The topological polar surface area (TPSA) is 102 Å². The Hall–Kier alpha value is -4.11. The molecule has 0 radical (unpaired) electrons. The van der Waals surface area contributed by atoms with Gasteiger partial charge in [-0.15, -0.1) is 5.10 Å². The zero-order chi connectivity index (χ0) is 27.6. The first-order valence-electron chi connectivity index (χ1n) is 13.1. The molecule has 9 heteroatoms. The Morgan fingerprint density at radius 1 is 1.18 bits per heavy atom. The summed E-state index contributed by atoms with van der Waals surface area (Å²) in [6, 6.07) is 18.7. The molecule has 1 aliphatic heterocycles. The molecule has 2 aromatic carbocycles. The highest BCUT2D eigenvalue weighted by molar-refractivity contribution is 6.01. The van der Waals surface area contributed by atoms with Crippen LogP contribution in [-0.2, 0) is 0 Å². The molecule has 0 fully saturated rings. The number of carbonyl (C=O) groups is 1. The number of rotatable bonds is 9. The number of pyridine rings is 1. The van der Waals surface area contributed by atoms with E-state index in [0.29, 0.717) is 18.8 Å². The van der Waals surface area contributed by atoms with E-state index in [1.165, 1.54) is 4.68 Å². The van der Waals surface area contributed by atoms with E-state index in [0.717, 1.165) is 34.4 Å². The highest BCUT2D eigenvalue weighted by atomic mass is 19.1. The standard InChI is InChI=1S/C30H32FN5O3/c1-19-10-11-22(39-15-7-13-30(2,3)38)17-23(19)21-12-14-32-26(16-21)33-29(37)27-34-28-24(31)18-25(36(28)35-27)20-8-5-4-6-9-20/h4-6,8-12,14,16-17,24-25,38H,7,13,15,18H2,1-3H3,(H,32,33,37)/t24-,25-/m1/s1. The Balaban J connectivity index is 1.30. The number of aryl methyl sites for hydroxylation is 1. The lowest BCUT2D eigenvalue weighted by Gasteiger charge is -2.17. The molecular formula is C30H32FN5O3. The second-order valence-corrected chi connectivity index (χ2v) is 10.5. The number of nitrogens with one attached hydrogen (secondary N) is 1. The van der Waals surface area contributed by atoms with Crippen molar-refractivity contribution in [3.63, 3.8) is 0 Å². The minimum absolute atomic E-state index is 0.0990. The third-order valence-corrected chi connectivity index (χ3v) is 6.77. The lowest BCUT2D eigenvalue weighted by Crippen LogP contribution is -2.19. The molecule has 39 heavy (non-hydrogen) atoms. The third kappa shape index (κ3) is 6.15. The second-order valence-electron chi connectivity index (χ2n) is 10.5. The van der Waals surface area contributed by atoms with Crippen molar-refractivity contribution in [3.05, 3.63) is 89.6 Å². The van der Waals surface area contributed by atoms with Gasteiger partial charge in [0.1, 0.15) is 11.6 Å². The lowest BCUT2D eigenvalue weighted by molar-refractivity contribution is 0.0641. The fraction of sp³-hybridized carbons (Fsp3) is 0.333. The van der Waals surface area contributed by atoms with Gasteiger partial charge in [-0.05, 0) is 80.1 Å². The van der Waals surface area contributed by atoms with Crippen LogP contribution in [-0.4, -0.2) is 43.0 Å². The molecule has 5 rings (SSSR count). The van der Waals surface area contributed by atoms with E-state index < -0.39 is 17.7 Å². The average molecular weight is 530 g/mol. The summed E-state index contributed by atoms with van der Waals surface area (Å²) in [4.78, 5) is 21.5. The molecule has 0 saturated carbocycles. The van der Waals surface area contributed by atoms with Gasteiger partial charge in [-0.2, -0.15) is 0 Å². The Morgan fingerprint density at radius 3 is 2.74 bits per heavy atom. The van der Waals surface area contributed by atoms with Gasteiger partial charge in [0.15, 0.2) is 12.0 Å². The zero-order valence-electron chi connectivity index (χ0n) is 22.3. The number of anilines is 1. The fourth-order valence-electron chi connectivity index (χ4n) is 4.76. The van der Waals surface area contributed by atoms with Gasteiger partial charge in [0.05, 0.1) is 18.2 Å². The van der Waals surface area contributed by atoms with Crippen LogP contribution in [0.15, 0.2) is 66.9 Å². The number of halogens is 1. The smallest absolute Gasteiger partial charge is 0.296 e. The molecule has 0 saturated heterocycles. The summed E-state index contributed by atoms with van der Waals surface area (Å²) >= 11 is 0. The lowest BCUT2D eigenvalue weighted by atomic mass is 10.0. The van der Waals surface area contributed by atoms with E-state index >= 15 is 0 Å². The van der Waals surface area contributed by atoms with Crippen LogP contribution in [0.4, 0.5) is 10.2 Å². The minimum Gasteiger partial charge on any atom is -0.494 e. The Bertz CT molecular complexity index is 1470. The molecule has 0 aliphatic carbocycles. The highest BCUT2D eigenvalue weighted by Gasteiger charge is 2.36. The van der Waals surface area contributed by atoms with Crippen LogP contribution in [0.3, 0.4) is 0 Å². The fourth-order valence-corrected chi connectivity index (χ4v) is 4.76. The van der Waals surface area contributed by atoms with Gasteiger partial charge in [-0.25, -0.2) is 19.0 Å². The van der Waals surface area contributed by atoms with E-state index in [-0.39, 0.29) is 24.1 Å². The van der Waals surface area contributed by atoms with Gasteiger partial charge in [0.25, 0.3) is 5.91 Å². The summed E-state index contributed by atoms with van der Waals surface area (Å²) in [5, 5.41) is 17.0. The number of hydrogen-bond acceptors (Lipinski definition) is 6. The molecule has 0 spiro atoms. The Morgan fingerprint density at radius 2 is 1.97 bits per heavy atom. The maximum atomic E-state index is 14.7. The van der Waals surface area contributed by atoms with Crippen LogP contribution in [0.1, 0.15) is 72.9 Å². The highest BCUT2D eigenvalue weighted by Crippen LogP contribution is 2.39. The summed E-state index contributed by atoms with van der Waals surface area (Å²) in [7, 11) is 0. The third-order valence-electron chi connectivity index (χ3n) is 6.77. The first kappa shape index (κ1) is 26.5. The maximum absolute atomic E-state index is 14.7. The van der Waals surface area contributed by atoms with Gasteiger partial charge >= 0.3 is 0 Å². The van der Waals surface area contributed by atoms with Gasteiger partial charge in [-0.3, -0.25) is 4.79 Å². The van der Waals surface area contributed by atoms with Gasteiger partial charge in [-0.1, -0.05) is 36.4 Å². The molecule has 4 aromatic rings. The van der Waals surface area contributed by atoms with Crippen LogP contribution in [0.2, 0.25) is 0 Å². The summed E-state index contributed by atoms with van der Waals surface area (Å²) in [5.41, 5.74) is 3.04. The van der Waals surface area contributed by atoms with Crippen LogP contribution >= 0.6 is 0 Å². The van der Waals surface area contributed by atoms with Gasteiger partial charge in [0, 0.05) is 12.6 Å². The van der Waals surface area contributed by atoms with Crippen molar-refractivity contribution in [2.75, 3.05) is 11.9 Å². The van der Waals surface area contributed by atoms with E-state index in [1.807, 2.05) is 61.5 Å². The minimum atomic E-state index is -1.29. The van der Waals surface area contributed by atoms with Crippen LogP contribution in [0.25, 0.3) is 11.1 Å². The summed E-state index contributed by atoms with van der Waals surface area (Å²) in [6.45, 7) is 6.06. The number of hydrogen-bond donors (Lipinski definition) is 2. The number of benzene rings is 2. The quantitative estimate of drug-likeness (QED) is 0.264. The summed E-state index contributed by atoms with van der Waals surface area (Å²) in [5.74, 6) is 0.559. The number of carbonyl (C=O) groups excluding carboxylic acids is 1. The van der Waals surface area contributed by atoms with E-state index in [1.54, 1.807) is 26.1 Å². The zero-order valence-corrected chi connectivity index (χ0v) is 22.3. The molecule has 1 aliphatic rings. The molecule has 0 bridgehead atoms. The molecule has 2 N–H and O–H groups in total. The number of ether oxygens (including phenoxy) is 1. The predicted octanol–water partition coefficient (Wildman–Crippen LogP) is 5.83. The summed E-state index contributed by atoms with van der Waals surface area (Å²) in [6.07, 6.45) is 1.95. The number of alkyl halides is 1. The SMILES string of the molecule is Cc1ccc(OCCCC(C)(C)O)cc1-c1ccnc(NC(=O)c2nc3n(n2)[C@@H](c2ccccc2)C[C@H]3F)c1. The second kappa shape index (κ2) is 10.9. The monoisotopic (exact) mass is 529 g/mol. The van der Waals surface area contributed by atoms with Crippen molar-refractivity contribution in [1.82, 2.24) is 19.7 Å². The molecule has 2 aromatic heterocycles. The van der Waals surface area contributed by atoms with Crippen molar-refractivity contribution in [2.45, 2.75) is 57.8 Å². The first-order valence-corrected chi connectivity index (χ1v) is 13.1. The Labute approximate surface area is 226 Å². The normalized spacial score (nSPS) is 16.6. The van der Waals surface area contributed by atoms with Crippen molar-refractivity contribution in [2.24, 2.45) is 0 Å². The van der Waals surface area contributed by atoms with Crippen LogP contribution in [0, 0.1) is 6.92 Å². The summed E-state index contributed by atoms with van der Waals surface area (Å²) < 4.78 is 22.1. The van der Waals surface area contributed by atoms with Crippen LogP contribution < -0.4 is 10.1 Å². The van der Waals surface area contributed by atoms with Gasteiger partial charge in [0.2, 0.25) is 5.82 Å². The number of fused-ring (bicyclic) bond motifs is 1. The predicted molar refractivity (Wildman–Crippen MR) is 146 cm³/mol. The van der Waals surface area contributed by atoms with Crippen LogP contribution in [0.5, 0.6) is 5.75 Å². The van der Waals surface area contributed by atoms with Crippen molar-refractivity contribution < 1.29 is 19.0 Å². The molecule has 0 unspecified atom stereocenters. The number of amides is 1. The van der Waals surface area contributed by atoms with Crippen molar-refractivity contribution >= 4 is 11.7 Å². The van der Waals surface area contributed by atoms with Crippen molar-refractivity contribution in [1.29, 1.82) is 0 Å². The van der Waals surface area contributed by atoms with E-state index in [4.69, 9.17) is 4.74 Å². The number of nitrogens with zero attached hydrogens (tertiary/aromatic N) is 4. The molecule has 8 nitrogen and oxygen atoms in total. The first-order chi connectivity index (χ1) is 18.7. The van der Waals surface area contributed by atoms with Gasteiger partial charge < -0.3 is 15.2 Å². The van der Waals surface area contributed by atoms with Crippen molar-refractivity contribution in [3.8, 4) is 16.9 Å². The average Bonchev–Trinajstić information content (AvgIpc) is 3.48. The number of aromatic nitrogens is 4. The molecule has 1 amide bonds. The number of aliphatic hydroxyl groups is 1. The molecule has 3 heterocycles. The molecule has 202 valence electrons. The maximum Gasteiger partial charge on any atom is 0.296 e. The van der Waals surface area contributed by atoms with E-state index in [2.05, 4.69) is 20.4 Å².